The average Bonchev–Trinajstić information content (AvgIpc) is 3.12. The normalized spacial score (nSPS) is 17.9. The van der Waals surface area contributed by atoms with Crippen molar-refractivity contribution in [3.05, 3.63) is 29.8 Å². The summed E-state index contributed by atoms with van der Waals surface area (Å²) < 4.78 is 15.1. The number of methoxy groups -OCH3 is 1. The van der Waals surface area contributed by atoms with E-state index in [9.17, 15) is 4.79 Å². The standard InChI is InChI=1S/C12H14O4/c1-14-12(13)6-9-2-4-10(5-3-9)15-7-11-8-16-11/h2-5,11H,6-8H2,1H3/t11-/m0/s1. The Labute approximate surface area is 94.1 Å². The molecule has 4 nitrogen and oxygen atoms in total. The van der Waals surface area contributed by atoms with Gasteiger partial charge in [0.05, 0.1) is 20.1 Å². The molecular formula is C12H14O4. The van der Waals surface area contributed by atoms with E-state index in [4.69, 9.17) is 9.47 Å². The Bertz CT molecular complexity index is 354. The predicted molar refractivity (Wildman–Crippen MR) is 57.4 cm³/mol. The summed E-state index contributed by atoms with van der Waals surface area (Å²) in [5.74, 6) is 0.559. The van der Waals surface area contributed by atoms with Gasteiger partial charge in [0.15, 0.2) is 0 Å². The summed E-state index contributed by atoms with van der Waals surface area (Å²) in [7, 11) is 1.38. The number of ether oxygens (including phenoxy) is 3. The van der Waals surface area contributed by atoms with E-state index in [1.54, 1.807) is 0 Å². The lowest BCUT2D eigenvalue weighted by Gasteiger charge is -2.05. The first-order valence-electron chi connectivity index (χ1n) is 5.18. The maximum Gasteiger partial charge on any atom is 0.309 e. The molecule has 0 spiro atoms. The third kappa shape index (κ3) is 3.24. The molecule has 2 rings (SSSR count). The van der Waals surface area contributed by atoms with Gasteiger partial charge in [0, 0.05) is 0 Å². The predicted octanol–water partition coefficient (Wildman–Crippen LogP) is 1.18. The average molecular weight is 222 g/mol. The van der Waals surface area contributed by atoms with Crippen LogP contribution >= 0.6 is 0 Å². The third-order valence-electron chi connectivity index (χ3n) is 2.34. The Hall–Kier alpha value is -1.55. The molecule has 1 aliphatic rings. The molecule has 1 aromatic rings. The van der Waals surface area contributed by atoms with E-state index in [0.29, 0.717) is 13.0 Å². The summed E-state index contributed by atoms with van der Waals surface area (Å²) in [4.78, 5) is 11.0. The summed E-state index contributed by atoms with van der Waals surface area (Å²) in [5.41, 5.74) is 0.918. The van der Waals surface area contributed by atoms with Crippen LogP contribution in [0.5, 0.6) is 5.75 Å². The molecule has 1 heterocycles. The monoisotopic (exact) mass is 222 g/mol. The molecule has 0 aliphatic carbocycles. The fraction of sp³-hybridized carbons (Fsp3) is 0.417. The first kappa shape index (κ1) is 11.0. The highest BCUT2D eigenvalue weighted by atomic mass is 16.6. The van der Waals surface area contributed by atoms with Crippen molar-refractivity contribution in [2.45, 2.75) is 12.5 Å². The minimum absolute atomic E-state index is 0.236. The molecule has 16 heavy (non-hydrogen) atoms. The summed E-state index contributed by atoms with van der Waals surface area (Å²) in [6.45, 7) is 1.39. The Kier molecular flexibility index (Phi) is 3.41. The molecule has 1 saturated heterocycles. The molecule has 1 aliphatic heterocycles. The second-order valence-electron chi connectivity index (χ2n) is 3.66. The van der Waals surface area contributed by atoms with Crippen molar-refractivity contribution in [3.63, 3.8) is 0 Å². The minimum atomic E-state index is -0.236. The van der Waals surface area contributed by atoms with Gasteiger partial charge in [-0.2, -0.15) is 0 Å². The second-order valence-corrected chi connectivity index (χ2v) is 3.66. The molecule has 0 saturated carbocycles. The van der Waals surface area contributed by atoms with Gasteiger partial charge in [-0.3, -0.25) is 4.79 Å². The van der Waals surface area contributed by atoms with Crippen LogP contribution < -0.4 is 4.74 Å². The van der Waals surface area contributed by atoms with Gasteiger partial charge in [-0.25, -0.2) is 0 Å². The van der Waals surface area contributed by atoms with E-state index in [-0.39, 0.29) is 12.1 Å². The molecular weight excluding hydrogens is 208 g/mol. The van der Waals surface area contributed by atoms with E-state index in [2.05, 4.69) is 4.74 Å². The van der Waals surface area contributed by atoms with Crippen molar-refractivity contribution >= 4 is 5.97 Å². The van der Waals surface area contributed by atoms with E-state index in [0.717, 1.165) is 17.9 Å². The van der Waals surface area contributed by atoms with E-state index in [1.165, 1.54) is 7.11 Å². The maximum absolute atomic E-state index is 11.0. The first-order valence-corrected chi connectivity index (χ1v) is 5.18. The number of hydrogen-bond donors (Lipinski definition) is 0. The molecule has 0 bridgehead atoms. The molecule has 0 amide bonds. The van der Waals surface area contributed by atoms with Gasteiger partial charge in [0.2, 0.25) is 0 Å². The van der Waals surface area contributed by atoms with Gasteiger partial charge in [0.1, 0.15) is 18.5 Å². The van der Waals surface area contributed by atoms with Gasteiger partial charge in [-0.1, -0.05) is 12.1 Å². The molecule has 0 radical (unpaired) electrons. The molecule has 1 atom stereocenters. The highest BCUT2D eigenvalue weighted by molar-refractivity contribution is 5.72. The summed E-state index contributed by atoms with van der Waals surface area (Å²) in [6, 6.07) is 7.42. The summed E-state index contributed by atoms with van der Waals surface area (Å²) >= 11 is 0. The molecule has 0 N–H and O–H groups in total. The van der Waals surface area contributed by atoms with E-state index < -0.39 is 0 Å². The van der Waals surface area contributed by atoms with Crippen LogP contribution in [-0.2, 0) is 20.7 Å². The van der Waals surface area contributed by atoms with E-state index >= 15 is 0 Å². The van der Waals surface area contributed by atoms with Crippen molar-refractivity contribution < 1.29 is 19.0 Å². The fourth-order valence-corrected chi connectivity index (χ4v) is 1.30. The van der Waals surface area contributed by atoms with Crippen LogP contribution in [0.15, 0.2) is 24.3 Å². The van der Waals surface area contributed by atoms with Crippen LogP contribution in [0.2, 0.25) is 0 Å². The number of hydrogen-bond acceptors (Lipinski definition) is 4. The van der Waals surface area contributed by atoms with Crippen LogP contribution in [0.1, 0.15) is 5.56 Å². The lowest BCUT2D eigenvalue weighted by molar-refractivity contribution is -0.139. The van der Waals surface area contributed by atoms with E-state index in [1.807, 2.05) is 24.3 Å². The van der Waals surface area contributed by atoms with Crippen molar-refractivity contribution in [1.29, 1.82) is 0 Å². The van der Waals surface area contributed by atoms with Gasteiger partial charge in [-0.05, 0) is 17.7 Å². The van der Waals surface area contributed by atoms with Crippen LogP contribution in [0.4, 0.5) is 0 Å². The quantitative estimate of drug-likeness (QED) is 0.554. The highest BCUT2D eigenvalue weighted by Gasteiger charge is 2.22. The summed E-state index contributed by atoms with van der Waals surface area (Å²) in [6.07, 6.45) is 0.553. The number of carbonyl (C=O) groups is 1. The van der Waals surface area contributed by atoms with Gasteiger partial charge in [-0.15, -0.1) is 0 Å². The van der Waals surface area contributed by atoms with Crippen molar-refractivity contribution in [2.75, 3.05) is 20.3 Å². The zero-order valence-corrected chi connectivity index (χ0v) is 9.14. The molecule has 1 aromatic carbocycles. The maximum atomic E-state index is 11.0. The van der Waals surface area contributed by atoms with Crippen molar-refractivity contribution in [2.24, 2.45) is 0 Å². The lowest BCUT2D eigenvalue weighted by atomic mass is 10.1. The molecule has 4 heteroatoms. The minimum Gasteiger partial charge on any atom is -0.491 e. The Morgan fingerprint density at radius 2 is 2.12 bits per heavy atom. The van der Waals surface area contributed by atoms with Crippen LogP contribution in [0.25, 0.3) is 0 Å². The topological polar surface area (TPSA) is 48.1 Å². The zero-order valence-electron chi connectivity index (χ0n) is 9.14. The molecule has 0 unspecified atom stereocenters. The SMILES string of the molecule is COC(=O)Cc1ccc(OC[C@H]2CO2)cc1. The van der Waals surface area contributed by atoms with Crippen LogP contribution in [0, 0.1) is 0 Å². The first-order chi connectivity index (χ1) is 7.78. The Morgan fingerprint density at radius 1 is 1.44 bits per heavy atom. The third-order valence-corrected chi connectivity index (χ3v) is 2.34. The largest absolute Gasteiger partial charge is 0.491 e. The van der Waals surface area contributed by atoms with Crippen molar-refractivity contribution in [3.8, 4) is 5.75 Å². The number of epoxide rings is 1. The van der Waals surface area contributed by atoms with Crippen LogP contribution in [0.3, 0.4) is 0 Å². The highest BCUT2D eigenvalue weighted by Crippen LogP contribution is 2.16. The zero-order chi connectivity index (χ0) is 11.4. The van der Waals surface area contributed by atoms with Crippen LogP contribution in [-0.4, -0.2) is 32.4 Å². The molecule has 86 valence electrons. The Morgan fingerprint density at radius 3 is 2.69 bits per heavy atom. The van der Waals surface area contributed by atoms with Gasteiger partial charge in [0.25, 0.3) is 0 Å². The second kappa shape index (κ2) is 4.99. The molecule has 0 aromatic heterocycles. The van der Waals surface area contributed by atoms with Gasteiger partial charge >= 0.3 is 5.97 Å². The Balaban J connectivity index is 1.85. The number of esters is 1. The smallest absolute Gasteiger partial charge is 0.309 e. The number of carbonyl (C=O) groups excluding carboxylic acids is 1. The van der Waals surface area contributed by atoms with Crippen molar-refractivity contribution in [1.82, 2.24) is 0 Å². The van der Waals surface area contributed by atoms with Gasteiger partial charge < -0.3 is 14.2 Å². The lowest BCUT2D eigenvalue weighted by Crippen LogP contribution is -2.05. The fourth-order valence-electron chi connectivity index (χ4n) is 1.30. The molecule has 1 fully saturated rings. The summed E-state index contributed by atoms with van der Waals surface area (Å²) in [5, 5.41) is 0. The number of benzene rings is 1. The number of rotatable bonds is 5.